The van der Waals surface area contributed by atoms with Crippen LogP contribution in [0.25, 0.3) is 0 Å². The quantitative estimate of drug-likeness (QED) is 0.728. The van der Waals surface area contributed by atoms with Gasteiger partial charge in [0.15, 0.2) is 0 Å². The van der Waals surface area contributed by atoms with Gasteiger partial charge in [0.25, 0.3) is 0 Å². The Kier molecular flexibility index (Phi) is 5.22. The number of allylic oxidation sites excluding steroid dienone is 2. The maximum atomic E-state index is 6.01. The Morgan fingerprint density at radius 2 is 2.11 bits per heavy atom. The number of hydrogen-bond donors (Lipinski definition) is 0. The fraction of sp³-hybridized carbons (Fsp3) is 0.412. The van der Waals surface area contributed by atoms with E-state index in [0.29, 0.717) is 6.61 Å². The van der Waals surface area contributed by atoms with Crippen molar-refractivity contribution in [2.45, 2.75) is 32.8 Å². The van der Waals surface area contributed by atoms with Crippen molar-refractivity contribution < 1.29 is 9.47 Å². The van der Waals surface area contributed by atoms with Crippen LogP contribution in [0.5, 0.6) is 0 Å². The molecule has 2 heteroatoms. The summed E-state index contributed by atoms with van der Waals surface area (Å²) < 4.78 is 11.8. The molecule has 1 aromatic carbocycles. The minimum Gasteiger partial charge on any atom is -0.495 e. The normalized spacial score (nSPS) is 16.2. The number of hydrogen-bond acceptors (Lipinski definition) is 2. The zero-order valence-electron chi connectivity index (χ0n) is 11.8. The lowest BCUT2D eigenvalue weighted by molar-refractivity contribution is 0.0373. The van der Waals surface area contributed by atoms with Crippen LogP contribution in [0.3, 0.4) is 0 Å². The predicted octanol–water partition coefficient (Wildman–Crippen LogP) is 4.40. The van der Waals surface area contributed by atoms with Gasteiger partial charge in [-0.1, -0.05) is 42.0 Å². The van der Waals surface area contributed by atoms with Gasteiger partial charge in [0.05, 0.1) is 13.2 Å². The van der Waals surface area contributed by atoms with Gasteiger partial charge in [-0.05, 0) is 38.3 Å². The number of benzene rings is 1. The Hall–Kier alpha value is -1.54. The van der Waals surface area contributed by atoms with E-state index in [-0.39, 0.29) is 6.10 Å². The lowest BCUT2D eigenvalue weighted by Gasteiger charge is -2.24. The summed E-state index contributed by atoms with van der Waals surface area (Å²) in [5, 5.41) is 0. The van der Waals surface area contributed by atoms with E-state index >= 15 is 0 Å². The molecule has 0 spiro atoms. The summed E-state index contributed by atoms with van der Waals surface area (Å²) in [4.78, 5) is 0. The fourth-order valence-electron chi connectivity index (χ4n) is 2.04. The predicted molar refractivity (Wildman–Crippen MR) is 77.8 cm³/mol. The van der Waals surface area contributed by atoms with Gasteiger partial charge in [0.1, 0.15) is 11.9 Å². The van der Waals surface area contributed by atoms with Crippen LogP contribution in [0, 0.1) is 0 Å². The molecule has 0 saturated heterocycles. The largest absolute Gasteiger partial charge is 0.495 e. The molecule has 2 nitrogen and oxygen atoms in total. The summed E-state index contributed by atoms with van der Waals surface area (Å²) in [5.74, 6) is 0.958. The first-order valence-corrected chi connectivity index (χ1v) is 6.90. The molecule has 0 saturated carbocycles. The van der Waals surface area contributed by atoms with Crippen molar-refractivity contribution in [2.24, 2.45) is 0 Å². The van der Waals surface area contributed by atoms with Crippen LogP contribution in [0.4, 0.5) is 0 Å². The summed E-state index contributed by atoms with van der Waals surface area (Å²) in [6.45, 7) is 5.57. The average Bonchev–Trinajstić information content (AvgIpc) is 2.45. The molecule has 102 valence electrons. The van der Waals surface area contributed by atoms with E-state index < -0.39 is 0 Å². The van der Waals surface area contributed by atoms with Gasteiger partial charge in [-0.25, -0.2) is 0 Å². The minimum atomic E-state index is -0.0860. The first-order chi connectivity index (χ1) is 9.27. The SMILES string of the molecule is CC(C)=CCOC(C1=CCCCO1)c1ccccc1. The summed E-state index contributed by atoms with van der Waals surface area (Å²) in [7, 11) is 0. The van der Waals surface area contributed by atoms with Crippen molar-refractivity contribution in [2.75, 3.05) is 13.2 Å². The number of ether oxygens (including phenoxy) is 2. The van der Waals surface area contributed by atoms with Crippen molar-refractivity contribution in [3.05, 3.63) is 59.4 Å². The molecule has 0 aromatic heterocycles. The van der Waals surface area contributed by atoms with Crippen molar-refractivity contribution in [3.63, 3.8) is 0 Å². The highest BCUT2D eigenvalue weighted by Crippen LogP contribution is 2.29. The fourth-order valence-corrected chi connectivity index (χ4v) is 2.04. The maximum Gasteiger partial charge on any atom is 0.140 e. The summed E-state index contributed by atoms with van der Waals surface area (Å²) >= 11 is 0. The third-order valence-corrected chi connectivity index (χ3v) is 3.08. The van der Waals surface area contributed by atoms with Gasteiger partial charge in [-0.2, -0.15) is 0 Å². The molecule has 0 amide bonds. The standard InChI is InChI=1S/C17H22O2/c1-14(2)11-13-19-17(15-8-4-3-5-9-15)16-10-6-7-12-18-16/h3-5,8-11,17H,6-7,12-13H2,1-2H3. The van der Waals surface area contributed by atoms with E-state index in [0.717, 1.165) is 30.8 Å². The topological polar surface area (TPSA) is 18.5 Å². The Morgan fingerprint density at radius 3 is 2.74 bits per heavy atom. The van der Waals surface area contributed by atoms with Crippen molar-refractivity contribution in [1.82, 2.24) is 0 Å². The van der Waals surface area contributed by atoms with Crippen LogP contribution in [0.15, 0.2) is 53.8 Å². The van der Waals surface area contributed by atoms with Crippen LogP contribution >= 0.6 is 0 Å². The number of rotatable bonds is 5. The Labute approximate surface area is 115 Å². The molecule has 1 unspecified atom stereocenters. The van der Waals surface area contributed by atoms with Crippen LogP contribution in [0.1, 0.15) is 38.4 Å². The molecule has 0 aliphatic carbocycles. The Bertz CT molecular complexity index is 442. The van der Waals surface area contributed by atoms with Crippen molar-refractivity contribution in [1.29, 1.82) is 0 Å². The first kappa shape index (κ1) is 13.9. The molecule has 1 heterocycles. The van der Waals surface area contributed by atoms with Gasteiger partial charge >= 0.3 is 0 Å². The molecule has 1 aliphatic rings. The molecule has 0 fully saturated rings. The summed E-state index contributed by atoms with van der Waals surface area (Å²) in [6, 6.07) is 10.3. The van der Waals surface area contributed by atoms with E-state index in [1.165, 1.54) is 5.57 Å². The van der Waals surface area contributed by atoms with E-state index in [1.54, 1.807) is 0 Å². The Morgan fingerprint density at radius 1 is 1.32 bits per heavy atom. The second-order valence-electron chi connectivity index (χ2n) is 5.00. The second-order valence-corrected chi connectivity index (χ2v) is 5.00. The van der Waals surface area contributed by atoms with Crippen molar-refractivity contribution >= 4 is 0 Å². The molecule has 1 aliphatic heterocycles. The zero-order chi connectivity index (χ0) is 13.5. The third kappa shape index (κ3) is 4.25. The van der Waals surface area contributed by atoms with E-state index in [4.69, 9.17) is 9.47 Å². The first-order valence-electron chi connectivity index (χ1n) is 6.90. The molecule has 2 rings (SSSR count). The van der Waals surface area contributed by atoms with E-state index in [2.05, 4.69) is 38.1 Å². The zero-order valence-corrected chi connectivity index (χ0v) is 11.8. The monoisotopic (exact) mass is 258 g/mol. The third-order valence-electron chi connectivity index (χ3n) is 3.08. The molecule has 19 heavy (non-hydrogen) atoms. The summed E-state index contributed by atoms with van der Waals surface area (Å²) in [6.07, 6.45) is 6.34. The highest BCUT2D eigenvalue weighted by Gasteiger charge is 2.20. The maximum absolute atomic E-state index is 6.01. The smallest absolute Gasteiger partial charge is 0.140 e. The van der Waals surface area contributed by atoms with Crippen LogP contribution < -0.4 is 0 Å². The lowest BCUT2D eigenvalue weighted by atomic mass is 10.1. The molecular weight excluding hydrogens is 236 g/mol. The van der Waals surface area contributed by atoms with Crippen molar-refractivity contribution in [3.8, 4) is 0 Å². The van der Waals surface area contributed by atoms with Gasteiger partial charge < -0.3 is 9.47 Å². The molecule has 1 atom stereocenters. The highest BCUT2D eigenvalue weighted by molar-refractivity contribution is 5.24. The van der Waals surface area contributed by atoms with Gasteiger partial charge in [0, 0.05) is 0 Å². The van der Waals surface area contributed by atoms with Crippen LogP contribution in [0.2, 0.25) is 0 Å². The van der Waals surface area contributed by atoms with Gasteiger partial charge in [0.2, 0.25) is 0 Å². The average molecular weight is 258 g/mol. The molecular formula is C17H22O2. The minimum absolute atomic E-state index is 0.0860. The molecule has 1 aromatic rings. The van der Waals surface area contributed by atoms with E-state index in [1.807, 2.05) is 18.2 Å². The second kappa shape index (κ2) is 7.15. The highest BCUT2D eigenvalue weighted by atomic mass is 16.5. The Balaban J connectivity index is 2.13. The van der Waals surface area contributed by atoms with Crippen LogP contribution in [-0.2, 0) is 9.47 Å². The summed E-state index contributed by atoms with van der Waals surface area (Å²) in [5.41, 5.74) is 2.42. The van der Waals surface area contributed by atoms with Gasteiger partial charge in [-0.3, -0.25) is 0 Å². The van der Waals surface area contributed by atoms with Crippen LogP contribution in [-0.4, -0.2) is 13.2 Å². The molecule has 0 bridgehead atoms. The molecule has 0 N–H and O–H groups in total. The lowest BCUT2D eigenvalue weighted by Crippen LogP contribution is -2.13. The van der Waals surface area contributed by atoms with Gasteiger partial charge in [-0.15, -0.1) is 0 Å². The molecule has 0 radical (unpaired) electrons. The van der Waals surface area contributed by atoms with E-state index in [9.17, 15) is 0 Å².